The number of carbonyl (C=O) groups is 3. The average molecular weight is 603 g/mol. The number of amides is 2. The van der Waals surface area contributed by atoms with Crippen molar-refractivity contribution >= 4 is 62.5 Å². The summed E-state index contributed by atoms with van der Waals surface area (Å²) in [5.74, 6) is 0.781. The molecule has 0 saturated carbocycles. The number of nitrogens with zero attached hydrogens (tertiary/aromatic N) is 1. The van der Waals surface area contributed by atoms with Crippen molar-refractivity contribution in [2.75, 3.05) is 13.9 Å². The fraction of sp³-hybridized carbons (Fsp3) is 0.115. The van der Waals surface area contributed by atoms with E-state index in [2.05, 4.69) is 15.9 Å². The predicted molar refractivity (Wildman–Crippen MR) is 141 cm³/mol. The molecule has 188 valence electrons. The summed E-state index contributed by atoms with van der Waals surface area (Å²) < 4.78 is 22.1. The first kappa shape index (κ1) is 25.2. The van der Waals surface area contributed by atoms with Gasteiger partial charge in [0.25, 0.3) is 11.1 Å². The first-order valence-corrected chi connectivity index (χ1v) is 12.8. The summed E-state index contributed by atoms with van der Waals surface area (Å²) in [5, 5.41) is -0.0937. The van der Waals surface area contributed by atoms with Crippen LogP contribution in [0.25, 0.3) is 6.08 Å². The molecule has 0 radical (unpaired) electrons. The summed E-state index contributed by atoms with van der Waals surface area (Å²) in [7, 11) is 1.53. The van der Waals surface area contributed by atoms with Gasteiger partial charge >= 0.3 is 5.97 Å². The van der Waals surface area contributed by atoms with Crippen LogP contribution in [0.1, 0.15) is 21.5 Å². The third kappa shape index (κ3) is 5.31. The van der Waals surface area contributed by atoms with Crippen molar-refractivity contribution in [3.05, 3.63) is 85.7 Å². The number of fused-ring (bicyclic) bond motifs is 1. The maximum absolute atomic E-state index is 13.2. The number of imide groups is 1. The van der Waals surface area contributed by atoms with Crippen LogP contribution in [0.15, 0.2) is 64.0 Å². The Labute approximate surface area is 229 Å². The van der Waals surface area contributed by atoms with Crippen LogP contribution in [0.3, 0.4) is 0 Å². The number of halogens is 2. The molecule has 0 N–H and O–H groups in total. The fourth-order valence-corrected chi connectivity index (χ4v) is 5.06. The molecule has 1 fully saturated rings. The fourth-order valence-electron chi connectivity index (χ4n) is 3.64. The molecule has 0 bridgehead atoms. The molecule has 0 atom stereocenters. The van der Waals surface area contributed by atoms with Crippen LogP contribution < -0.4 is 18.9 Å². The molecule has 37 heavy (non-hydrogen) atoms. The lowest BCUT2D eigenvalue weighted by Gasteiger charge is -2.14. The lowest BCUT2D eigenvalue weighted by atomic mass is 10.1. The van der Waals surface area contributed by atoms with Gasteiger partial charge in [-0.15, -0.1) is 0 Å². The highest BCUT2D eigenvalue weighted by Gasteiger charge is 2.36. The number of ether oxygens (including phenoxy) is 4. The first-order valence-electron chi connectivity index (χ1n) is 10.8. The molecule has 0 unspecified atom stereocenters. The highest BCUT2D eigenvalue weighted by atomic mass is 79.9. The molecular weight excluding hydrogens is 586 g/mol. The molecule has 0 aromatic heterocycles. The van der Waals surface area contributed by atoms with Crippen molar-refractivity contribution in [1.82, 2.24) is 4.90 Å². The second-order valence-electron chi connectivity index (χ2n) is 7.86. The normalized spacial score (nSPS) is 15.4. The molecule has 0 spiro atoms. The molecule has 8 nitrogen and oxygen atoms in total. The monoisotopic (exact) mass is 601 g/mol. The molecule has 5 rings (SSSR count). The standard InChI is InChI=1S/C26H17BrClNO7S/c1-33-18-5-2-14(3-6-18)25(31)36-20-7-4-17(27)8-15(20)10-23-24(30)29(26(32)37-23)12-16-9-21-22(11-19(16)28)35-13-34-21/h2-11H,12-13H2,1H3/b23-10-. The molecule has 3 aromatic carbocycles. The Balaban J connectivity index is 1.38. The van der Waals surface area contributed by atoms with E-state index in [1.807, 2.05) is 0 Å². The summed E-state index contributed by atoms with van der Waals surface area (Å²) in [4.78, 5) is 39.9. The van der Waals surface area contributed by atoms with Crippen molar-refractivity contribution in [3.63, 3.8) is 0 Å². The van der Waals surface area contributed by atoms with E-state index < -0.39 is 17.1 Å². The third-order valence-electron chi connectivity index (χ3n) is 5.53. The van der Waals surface area contributed by atoms with Crippen LogP contribution >= 0.6 is 39.3 Å². The first-order chi connectivity index (χ1) is 17.8. The summed E-state index contributed by atoms with van der Waals surface area (Å²) in [5.41, 5.74) is 1.32. The van der Waals surface area contributed by atoms with Gasteiger partial charge < -0.3 is 18.9 Å². The Morgan fingerprint density at radius 1 is 1.11 bits per heavy atom. The van der Waals surface area contributed by atoms with Crippen LogP contribution in [0.4, 0.5) is 4.79 Å². The lowest BCUT2D eigenvalue weighted by molar-refractivity contribution is -0.123. The van der Waals surface area contributed by atoms with E-state index in [9.17, 15) is 14.4 Å². The minimum absolute atomic E-state index is 0.0325. The van der Waals surface area contributed by atoms with Gasteiger partial charge in [-0.1, -0.05) is 27.5 Å². The van der Waals surface area contributed by atoms with Crippen LogP contribution in [0.2, 0.25) is 5.02 Å². The van der Waals surface area contributed by atoms with Crippen LogP contribution in [-0.4, -0.2) is 35.9 Å². The topological polar surface area (TPSA) is 91.4 Å². The maximum Gasteiger partial charge on any atom is 0.343 e. The number of hydrogen-bond acceptors (Lipinski definition) is 8. The second-order valence-corrected chi connectivity index (χ2v) is 10.2. The molecule has 2 heterocycles. The number of hydrogen-bond donors (Lipinski definition) is 0. The molecule has 2 aliphatic rings. The third-order valence-corrected chi connectivity index (χ3v) is 7.28. The quantitative estimate of drug-likeness (QED) is 0.185. The summed E-state index contributed by atoms with van der Waals surface area (Å²) in [6, 6.07) is 14.7. The Kier molecular flexibility index (Phi) is 7.14. The molecular formula is C26H17BrClNO7S. The van der Waals surface area contributed by atoms with E-state index in [1.54, 1.807) is 54.6 Å². The molecule has 1 saturated heterocycles. The van der Waals surface area contributed by atoms with Crippen LogP contribution in [0.5, 0.6) is 23.0 Å². The van der Waals surface area contributed by atoms with Gasteiger partial charge in [0.1, 0.15) is 11.5 Å². The molecule has 2 aliphatic heterocycles. The number of carbonyl (C=O) groups excluding carboxylic acids is 3. The van der Waals surface area contributed by atoms with E-state index in [-0.39, 0.29) is 24.0 Å². The zero-order chi connectivity index (χ0) is 26.1. The van der Waals surface area contributed by atoms with E-state index in [4.69, 9.17) is 30.5 Å². The van der Waals surface area contributed by atoms with Crippen molar-refractivity contribution in [1.29, 1.82) is 0 Å². The summed E-state index contributed by atoms with van der Waals surface area (Å²) >= 11 is 10.5. The van der Waals surface area contributed by atoms with Crippen LogP contribution in [-0.2, 0) is 11.3 Å². The summed E-state index contributed by atoms with van der Waals surface area (Å²) in [6.45, 7) is 0.0483. The van der Waals surface area contributed by atoms with Gasteiger partial charge in [-0.25, -0.2) is 4.79 Å². The number of esters is 1. The maximum atomic E-state index is 13.2. The smallest absolute Gasteiger partial charge is 0.343 e. The van der Waals surface area contributed by atoms with Crippen molar-refractivity contribution in [3.8, 4) is 23.0 Å². The van der Waals surface area contributed by atoms with Gasteiger partial charge in [0, 0.05) is 21.1 Å². The van der Waals surface area contributed by atoms with Gasteiger partial charge in [0.05, 0.1) is 24.1 Å². The Morgan fingerprint density at radius 2 is 1.84 bits per heavy atom. The van der Waals surface area contributed by atoms with Gasteiger partial charge in [-0.2, -0.15) is 0 Å². The van der Waals surface area contributed by atoms with Crippen molar-refractivity contribution in [2.24, 2.45) is 0 Å². The van der Waals surface area contributed by atoms with Gasteiger partial charge in [-0.3, -0.25) is 14.5 Å². The Bertz CT molecular complexity index is 1460. The zero-order valence-corrected chi connectivity index (χ0v) is 22.3. The number of benzene rings is 3. The predicted octanol–water partition coefficient (Wildman–Crippen LogP) is 6.30. The second kappa shape index (κ2) is 10.5. The molecule has 3 aromatic rings. The van der Waals surface area contributed by atoms with Crippen LogP contribution in [0, 0.1) is 0 Å². The van der Waals surface area contributed by atoms with E-state index >= 15 is 0 Å². The largest absolute Gasteiger partial charge is 0.497 e. The molecule has 11 heteroatoms. The minimum Gasteiger partial charge on any atom is -0.497 e. The Morgan fingerprint density at radius 3 is 2.57 bits per heavy atom. The van der Waals surface area contributed by atoms with Gasteiger partial charge in [-0.05, 0) is 71.9 Å². The zero-order valence-electron chi connectivity index (χ0n) is 19.2. The van der Waals surface area contributed by atoms with Gasteiger partial charge in [0.15, 0.2) is 11.5 Å². The number of methoxy groups -OCH3 is 1. The Hall–Kier alpha value is -3.47. The number of thioether (sulfide) groups is 1. The van der Waals surface area contributed by atoms with Gasteiger partial charge in [0.2, 0.25) is 6.79 Å². The number of rotatable bonds is 6. The van der Waals surface area contributed by atoms with E-state index in [1.165, 1.54) is 13.2 Å². The lowest BCUT2D eigenvalue weighted by Crippen LogP contribution is -2.27. The average Bonchev–Trinajstić information content (AvgIpc) is 3.44. The SMILES string of the molecule is COc1ccc(C(=O)Oc2ccc(Br)cc2/C=C2\SC(=O)N(Cc3cc4c(cc3Cl)OCO4)C2=O)cc1. The minimum atomic E-state index is -0.579. The van der Waals surface area contributed by atoms with Crippen molar-refractivity contribution < 1.29 is 33.3 Å². The molecule has 2 amide bonds. The molecule has 0 aliphatic carbocycles. The highest BCUT2D eigenvalue weighted by Crippen LogP contribution is 2.40. The van der Waals surface area contributed by atoms with E-state index in [0.29, 0.717) is 43.4 Å². The highest BCUT2D eigenvalue weighted by molar-refractivity contribution is 9.10. The van der Waals surface area contributed by atoms with Crippen molar-refractivity contribution in [2.45, 2.75) is 6.54 Å². The van der Waals surface area contributed by atoms with E-state index in [0.717, 1.165) is 16.7 Å². The summed E-state index contributed by atoms with van der Waals surface area (Å²) in [6.07, 6.45) is 1.52.